The SMILES string of the molecule is COC(=O)CC(CN)c1ccccc1C1CC1. The van der Waals surface area contributed by atoms with E-state index in [0.717, 1.165) is 0 Å². The van der Waals surface area contributed by atoms with E-state index in [0.29, 0.717) is 18.9 Å². The van der Waals surface area contributed by atoms with Gasteiger partial charge >= 0.3 is 5.97 Å². The molecule has 0 amide bonds. The number of carbonyl (C=O) groups is 1. The molecule has 2 rings (SSSR count). The van der Waals surface area contributed by atoms with Gasteiger partial charge in [0.15, 0.2) is 0 Å². The van der Waals surface area contributed by atoms with E-state index in [1.165, 1.54) is 31.1 Å². The van der Waals surface area contributed by atoms with Gasteiger partial charge in [-0.1, -0.05) is 24.3 Å². The van der Waals surface area contributed by atoms with Gasteiger partial charge in [-0.2, -0.15) is 0 Å². The lowest BCUT2D eigenvalue weighted by atomic mass is 9.90. The van der Waals surface area contributed by atoms with Gasteiger partial charge < -0.3 is 10.5 Å². The molecule has 2 N–H and O–H groups in total. The second-order valence-corrected chi connectivity index (χ2v) is 4.62. The molecule has 1 unspecified atom stereocenters. The van der Waals surface area contributed by atoms with E-state index in [2.05, 4.69) is 18.2 Å². The molecule has 0 spiro atoms. The van der Waals surface area contributed by atoms with E-state index in [9.17, 15) is 4.79 Å². The van der Waals surface area contributed by atoms with Crippen LogP contribution in [0, 0.1) is 0 Å². The number of carbonyl (C=O) groups excluding carboxylic acids is 1. The summed E-state index contributed by atoms with van der Waals surface area (Å²) < 4.78 is 4.73. The predicted molar refractivity (Wildman–Crippen MR) is 66.8 cm³/mol. The van der Waals surface area contributed by atoms with E-state index < -0.39 is 0 Å². The third-order valence-electron chi connectivity index (χ3n) is 3.38. The lowest BCUT2D eigenvalue weighted by Crippen LogP contribution is -2.18. The summed E-state index contributed by atoms with van der Waals surface area (Å²) in [7, 11) is 1.42. The van der Waals surface area contributed by atoms with Crippen LogP contribution in [0.3, 0.4) is 0 Å². The van der Waals surface area contributed by atoms with Gasteiger partial charge in [-0.3, -0.25) is 4.79 Å². The maximum atomic E-state index is 11.4. The van der Waals surface area contributed by atoms with Crippen LogP contribution in [-0.2, 0) is 9.53 Å². The second kappa shape index (κ2) is 5.32. The van der Waals surface area contributed by atoms with E-state index in [1.807, 2.05) is 6.07 Å². The molecule has 92 valence electrons. The quantitative estimate of drug-likeness (QED) is 0.793. The molecule has 0 bridgehead atoms. The molecule has 1 aliphatic carbocycles. The largest absolute Gasteiger partial charge is 0.469 e. The van der Waals surface area contributed by atoms with Crippen LogP contribution < -0.4 is 5.73 Å². The zero-order valence-corrected chi connectivity index (χ0v) is 10.2. The predicted octanol–water partition coefficient (Wildman–Crippen LogP) is 2.17. The first-order chi connectivity index (χ1) is 8.26. The highest BCUT2D eigenvalue weighted by atomic mass is 16.5. The minimum absolute atomic E-state index is 0.0826. The van der Waals surface area contributed by atoms with Crippen molar-refractivity contribution < 1.29 is 9.53 Å². The fourth-order valence-electron chi connectivity index (χ4n) is 2.25. The van der Waals surface area contributed by atoms with Crippen LogP contribution in [0.15, 0.2) is 24.3 Å². The van der Waals surface area contributed by atoms with Crippen molar-refractivity contribution in [2.45, 2.75) is 31.1 Å². The number of benzene rings is 1. The van der Waals surface area contributed by atoms with Crippen LogP contribution in [0.25, 0.3) is 0 Å². The van der Waals surface area contributed by atoms with Crippen LogP contribution in [-0.4, -0.2) is 19.6 Å². The fourth-order valence-corrected chi connectivity index (χ4v) is 2.25. The third kappa shape index (κ3) is 2.86. The van der Waals surface area contributed by atoms with Gasteiger partial charge in [0.25, 0.3) is 0 Å². The van der Waals surface area contributed by atoms with Crippen molar-refractivity contribution >= 4 is 5.97 Å². The van der Waals surface area contributed by atoms with Gasteiger partial charge in [-0.05, 0) is 36.4 Å². The highest BCUT2D eigenvalue weighted by molar-refractivity contribution is 5.70. The number of nitrogens with two attached hydrogens (primary N) is 1. The van der Waals surface area contributed by atoms with Gasteiger partial charge in [-0.25, -0.2) is 0 Å². The van der Waals surface area contributed by atoms with Crippen molar-refractivity contribution in [2.75, 3.05) is 13.7 Å². The number of hydrogen-bond donors (Lipinski definition) is 1. The highest BCUT2D eigenvalue weighted by Crippen LogP contribution is 2.43. The fraction of sp³-hybridized carbons (Fsp3) is 0.500. The van der Waals surface area contributed by atoms with E-state index in [4.69, 9.17) is 10.5 Å². The number of hydrogen-bond acceptors (Lipinski definition) is 3. The molecule has 0 radical (unpaired) electrons. The lowest BCUT2D eigenvalue weighted by molar-refractivity contribution is -0.141. The van der Waals surface area contributed by atoms with Crippen LogP contribution in [0.2, 0.25) is 0 Å². The first kappa shape index (κ1) is 12.1. The Bertz CT molecular complexity index is 399. The topological polar surface area (TPSA) is 52.3 Å². The molecule has 1 aromatic rings. The Morgan fingerprint density at radius 1 is 1.47 bits per heavy atom. The molecule has 1 fully saturated rings. The molecular formula is C14H19NO2. The minimum atomic E-state index is -0.189. The average Bonchev–Trinajstić information content (AvgIpc) is 3.20. The summed E-state index contributed by atoms with van der Waals surface area (Å²) in [6, 6.07) is 8.32. The minimum Gasteiger partial charge on any atom is -0.469 e. The highest BCUT2D eigenvalue weighted by Gasteiger charge is 2.28. The summed E-state index contributed by atoms with van der Waals surface area (Å²) in [4.78, 5) is 11.4. The van der Waals surface area contributed by atoms with Crippen molar-refractivity contribution in [3.05, 3.63) is 35.4 Å². The standard InChI is InChI=1S/C14H19NO2/c1-17-14(16)8-11(9-15)13-5-3-2-4-12(13)10-6-7-10/h2-5,10-11H,6-9,15H2,1H3. The van der Waals surface area contributed by atoms with Gasteiger partial charge in [0.2, 0.25) is 0 Å². The first-order valence-electron chi connectivity index (χ1n) is 6.12. The lowest BCUT2D eigenvalue weighted by Gasteiger charge is -2.17. The molecule has 1 aromatic carbocycles. The van der Waals surface area contributed by atoms with Gasteiger partial charge in [0, 0.05) is 5.92 Å². The molecule has 17 heavy (non-hydrogen) atoms. The Balaban J connectivity index is 2.20. The van der Waals surface area contributed by atoms with Crippen molar-refractivity contribution in [1.82, 2.24) is 0 Å². The van der Waals surface area contributed by atoms with Crippen LogP contribution >= 0.6 is 0 Å². The first-order valence-corrected chi connectivity index (χ1v) is 6.12. The normalized spacial score (nSPS) is 16.6. The van der Waals surface area contributed by atoms with Crippen molar-refractivity contribution in [2.24, 2.45) is 5.73 Å². The van der Waals surface area contributed by atoms with E-state index in [1.54, 1.807) is 0 Å². The zero-order chi connectivity index (χ0) is 12.3. The Labute approximate surface area is 102 Å². The van der Waals surface area contributed by atoms with Gasteiger partial charge in [0.1, 0.15) is 0 Å². The molecular weight excluding hydrogens is 214 g/mol. The van der Waals surface area contributed by atoms with Crippen LogP contribution in [0.1, 0.15) is 42.2 Å². The van der Waals surface area contributed by atoms with Crippen molar-refractivity contribution in [1.29, 1.82) is 0 Å². The molecule has 3 nitrogen and oxygen atoms in total. The number of esters is 1. The number of rotatable bonds is 5. The summed E-state index contributed by atoms with van der Waals surface area (Å²) in [6.45, 7) is 0.485. The number of ether oxygens (including phenoxy) is 1. The summed E-state index contributed by atoms with van der Waals surface area (Å²) in [6.07, 6.45) is 2.88. The summed E-state index contributed by atoms with van der Waals surface area (Å²) in [5.74, 6) is 0.572. The Hall–Kier alpha value is -1.35. The van der Waals surface area contributed by atoms with E-state index >= 15 is 0 Å². The van der Waals surface area contributed by atoms with Gasteiger partial charge in [-0.15, -0.1) is 0 Å². The molecule has 1 atom stereocenters. The maximum absolute atomic E-state index is 11.4. The Kier molecular flexibility index (Phi) is 3.79. The van der Waals surface area contributed by atoms with Crippen LogP contribution in [0.5, 0.6) is 0 Å². The smallest absolute Gasteiger partial charge is 0.306 e. The molecule has 0 aliphatic heterocycles. The second-order valence-electron chi connectivity index (χ2n) is 4.62. The Morgan fingerprint density at radius 3 is 2.76 bits per heavy atom. The zero-order valence-electron chi connectivity index (χ0n) is 10.2. The third-order valence-corrected chi connectivity index (χ3v) is 3.38. The Morgan fingerprint density at radius 2 is 2.18 bits per heavy atom. The van der Waals surface area contributed by atoms with Crippen LogP contribution in [0.4, 0.5) is 0 Å². The van der Waals surface area contributed by atoms with Crippen molar-refractivity contribution in [3.8, 4) is 0 Å². The molecule has 3 heteroatoms. The molecule has 0 heterocycles. The van der Waals surface area contributed by atoms with Crippen molar-refractivity contribution in [3.63, 3.8) is 0 Å². The molecule has 0 saturated heterocycles. The average molecular weight is 233 g/mol. The van der Waals surface area contributed by atoms with E-state index in [-0.39, 0.29) is 11.9 Å². The summed E-state index contributed by atoms with van der Waals surface area (Å²) in [5.41, 5.74) is 8.38. The number of methoxy groups -OCH3 is 1. The molecule has 0 aromatic heterocycles. The summed E-state index contributed by atoms with van der Waals surface area (Å²) >= 11 is 0. The van der Waals surface area contributed by atoms with Gasteiger partial charge in [0.05, 0.1) is 13.5 Å². The molecule has 1 saturated carbocycles. The maximum Gasteiger partial charge on any atom is 0.306 e. The monoisotopic (exact) mass is 233 g/mol. The summed E-state index contributed by atoms with van der Waals surface area (Å²) in [5, 5.41) is 0. The molecule has 1 aliphatic rings.